The fourth-order valence-electron chi connectivity index (χ4n) is 1.05. The Labute approximate surface area is 103 Å². The van der Waals surface area contributed by atoms with Gasteiger partial charge in [0.05, 0.1) is 5.56 Å². The van der Waals surface area contributed by atoms with Crippen molar-refractivity contribution in [3.05, 3.63) is 29.8 Å². The van der Waals surface area contributed by atoms with Gasteiger partial charge in [-0.1, -0.05) is 0 Å². The van der Waals surface area contributed by atoms with Gasteiger partial charge in [0, 0.05) is 5.69 Å². The zero-order chi connectivity index (χ0) is 13.8. The van der Waals surface area contributed by atoms with Crippen LogP contribution in [0.2, 0.25) is 0 Å². The first kappa shape index (κ1) is 14.5. The molecule has 0 aliphatic rings. The highest BCUT2D eigenvalue weighted by Gasteiger charge is 2.29. The molecule has 1 rings (SSSR count). The molecule has 0 spiro atoms. The highest BCUT2D eigenvalue weighted by Crippen LogP contribution is 2.29. The maximum atomic E-state index is 12.3. The molecule has 0 heterocycles. The average Bonchev–Trinajstić information content (AvgIpc) is 2.26. The minimum atomic E-state index is -4.40. The number of nitrogens with one attached hydrogen (secondary N) is 1. The van der Waals surface area contributed by atoms with Crippen molar-refractivity contribution in [1.29, 1.82) is 0 Å². The second kappa shape index (κ2) is 5.83. The molecule has 0 radical (unpaired) electrons. The number of anilines is 1. The molecular formula is C9H10F3N3O2S. The van der Waals surface area contributed by atoms with Crippen LogP contribution in [0.5, 0.6) is 0 Å². The van der Waals surface area contributed by atoms with Gasteiger partial charge in [0.1, 0.15) is 5.88 Å². The van der Waals surface area contributed by atoms with Crippen molar-refractivity contribution in [3.8, 4) is 0 Å². The van der Waals surface area contributed by atoms with Gasteiger partial charge in [0.15, 0.2) is 17.0 Å². The minimum absolute atomic E-state index is 0.155. The van der Waals surface area contributed by atoms with Gasteiger partial charge in [-0.25, -0.2) is 9.20 Å². The lowest BCUT2D eigenvalue weighted by Crippen LogP contribution is -2.23. The number of halogens is 3. The van der Waals surface area contributed by atoms with Crippen LogP contribution < -0.4 is 11.1 Å². The Morgan fingerprint density at radius 1 is 1.39 bits per heavy atom. The maximum Gasteiger partial charge on any atom is 0.416 e. The molecule has 1 aromatic carbocycles. The Hall–Kier alpha value is -1.61. The Kier molecular flexibility index (Phi) is 4.68. The van der Waals surface area contributed by atoms with E-state index in [9.17, 15) is 17.4 Å². The van der Waals surface area contributed by atoms with E-state index in [2.05, 4.69) is 10.3 Å². The second-order valence-corrected chi connectivity index (χ2v) is 4.10. The Bertz CT molecular complexity index is 459. The Balaban J connectivity index is 2.70. The van der Waals surface area contributed by atoms with E-state index in [1.165, 1.54) is 12.1 Å². The predicted octanol–water partition coefficient (Wildman–Crippen LogP) is 1.61. The first-order valence-corrected chi connectivity index (χ1v) is 5.88. The quantitative estimate of drug-likeness (QED) is 0.446. The van der Waals surface area contributed by atoms with E-state index in [0.717, 1.165) is 12.1 Å². The number of nitrogens with two attached hydrogens (primary N) is 1. The van der Waals surface area contributed by atoms with Crippen molar-refractivity contribution in [1.82, 2.24) is 0 Å². The lowest BCUT2D eigenvalue weighted by atomic mass is 10.2. The van der Waals surface area contributed by atoms with Crippen molar-refractivity contribution >= 4 is 22.7 Å². The first-order valence-electron chi connectivity index (χ1n) is 4.60. The number of aliphatic imine (C=N–C) groups is 1. The van der Waals surface area contributed by atoms with Crippen LogP contribution in [0, 0.1) is 0 Å². The van der Waals surface area contributed by atoms with Crippen LogP contribution in [0.25, 0.3) is 0 Å². The Morgan fingerprint density at radius 3 is 2.39 bits per heavy atom. The van der Waals surface area contributed by atoms with Gasteiger partial charge < -0.3 is 15.6 Å². The van der Waals surface area contributed by atoms with Gasteiger partial charge >= 0.3 is 6.18 Å². The molecule has 1 unspecified atom stereocenters. The van der Waals surface area contributed by atoms with Gasteiger partial charge in [0.2, 0.25) is 0 Å². The van der Waals surface area contributed by atoms with E-state index in [1.807, 2.05) is 0 Å². The molecule has 100 valence electrons. The summed E-state index contributed by atoms with van der Waals surface area (Å²) in [5.41, 5.74) is 4.87. The van der Waals surface area contributed by atoms with Crippen molar-refractivity contribution in [3.63, 3.8) is 0 Å². The van der Waals surface area contributed by atoms with Gasteiger partial charge in [-0.2, -0.15) is 13.2 Å². The molecule has 0 saturated carbocycles. The third-order valence-electron chi connectivity index (χ3n) is 1.83. The molecule has 0 bridgehead atoms. The normalized spacial score (nSPS) is 14.3. The third kappa shape index (κ3) is 4.72. The molecule has 0 aliphatic heterocycles. The monoisotopic (exact) mass is 281 g/mol. The summed E-state index contributed by atoms with van der Waals surface area (Å²) in [6, 6.07) is 4.14. The van der Waals surface area contributed by atoms with Crippen LogP contribution in [-0.4, -0.2) is 20.6 Å². The molecule has 0 saturated heterocycles. The SMILES string of the molecule is NC(=NCS(=O)O)Nc1ccc(C(F)(F)F)cc1. The van der Waals surface area contributed by atoms with Crippen LogP contribution in [-0.2, 0) is 17.3 Å². The van der Waals surface area contributed by atoms with E-state index in [4.69, 9.17) is 10.3 Å². The summed E-state index contributed by atoms with van der Waals surface area (Å²) in [4.78, 5) is 3.50. The van der Waals surface area contributed by atoms with Crippen LogP contribution in [0.15, 0.2) is 29.3 Å². The van der Waals surface area contributed by atoms with Gasteiger partial charge in [0.25, 0.3) is 0 Å². The molecule has 1 atom stereocenters. The number of alkyl halides is 3. The summed E-state index contributed by atoms with van der Waals surface area (Å²) < 4.78 is 55.5. The first-order chi connectivity index (χ1) is 8.29. The topological polar surface area (TPSA) is 87.7 Å². The molecule has 0 fully saturated rings. The smallest absolute Gasteiger partial charge is 0.370 e. The number of benzene rings is 1. The fourth-order valence-corrected chi connectivity index (χ4v) is 1.30. The van der Waals surface area contributed by atoms with E-state index in [-0.39, 0.29) is 5.96 Å². The van der Waals surface area contributed by atoms with E-state index >= 15 is 0 Å². The number of guanidine groups is 1. The number of hydrogen-bond acceptors (Lipinski definition) is 2. The van der Waals surface area contributed by atoms with Crippen molar-refractivity contribution in [2.75, 3.05) is 11.2 Å². The summed E-state index contributed by atoms with van der Waals surface area (Å²) in [7, 11) is 0. The van der Waals surface area contributed by atoms with Crippen molar-refractivity contribution in [2.24, 2.45) is 10.7 Å². The molecule has 9 heteroatoms. The van der Waals surface area contributed by atoms with Gasteiger partial charge in [-0.05, 0) is 24.3 Å². The lowest BCUT2D eigenvalue weighted by Gasteiger charge is -2.08. The highest BCUT2D eigenvalue weighted by molar-refractivity contribution is 7.79. The molecular weight excluding hydrogens is 271 g/mol. The summed E-state index contributed by atoms with van der Waals surface area (Å²) in [5.74, 6) is -0.559. The molecule has 5 nitrogen and oxygen atoms in total. The molecule has 0 amide bonds. The second-order valence-electron chi connectivity index (χ2n) is 3.19. The number of hydrogen-bond donors (Lipinski definition) is 3. The van der Waals surface area contributed by atoms with E-state index < -0.39 is 28.7 Å². The summed E-state index contributed by atoms with van der Waals surface area (Å²) >= 11 is -2.12. The summed E-state index contributed by atoms with van der Waals surface area (Å²) in [5, 5.41) is 2.49. The molecule has 4 N–H and O–H groups in total. The summed E-state index contributed by atoms with van der Waals surface area (Å²) in [6.45, 7) is 0. The third-order valence-corrected chi connectivity index (χ3v) is 2.18. The predicted molar refractivity (Wildman–Crippen MR) is 62.3 cm³/mol. The number of rotatable bonds is 3. The molecule has 18 heavy (non-hydrogen) atoms. The minimum Gasteiger partial charge on any atom is -0.370 e. The van der Waals surface area contributed by atoms with Gasteiger partial charge in [-0.3, -0.25) is 0 Å². The lowest BCUT2D eigenvalue weighted by molar-refractivity contribution is -0.137. The molecule has 1 aromatic rings. The largest absolute Gasteiger partial charge is 0.416 e. The molecule has 0 aromatic heterocycles. The number of nitrogens with zero attached hydrogens (tertiary/aromatic N) is 1. The zero-order valence-electron chi connectivity index (χ0n) is 8.94. The fraction of sp³-hybridized carbons (Fsp3) is 0.222. The van der Waals surface area contributed by atoms with E-state index in [1.54, 1.807) is 0 Å². The standard InChI is InChI=1S/C9H10F3N3O2S/c10-9(11,12)6-1-3-7(4-2-6)15-8(13)14-5-18(16)17/h1-4H,5H2,(H,16,17)(H3,13,14,15). The zero-order valence-corrected chi connectivity index (χ0v) is 9.76. The van der Waals surface area contributed by atoms with Gasteiger partial charge in [-0.15, -0.1) is 0 Å². The van der Waals surface area contributed by atoms with Crippen LogP contribution in [0.3, 0.4) is 0 Å². The van der Waals surface area contributed by atoms with Crippen LogP contribution in [0.1, 0.15) is 5.56 Å². The van der Waals surface area contributed by atoms with Crippen LogP contribution in [0.4, 0.5) is 18.9 Å². The Morgan fingerprint density at radius 2 is 1.94 bits per heavy atom. The molecule has 0 aliphatic carbocycles. The van der Waals surface area contributed by atoms with Crippen LogP contribution >= 0.6 is 0 Å². The summed E-state index contributed by atoms with van der Waals surface area (Å²) in [6.07, 6.45) is -4.40. The van der Waals surface area contributed by atoms with E-state index in [0.29, 0.717) is 5.69 Å². The van der Waals surface area contributed by atoms with Crippen molar-refractivity contribution < 1.29 is 21.9 Å². The van der Waals surface area contributed by atoms with Crippen molar-refractivity contribution in [2.45, 2.75) is 6.18 Å². The average molecular weight is 281 g/mol. The highest BCUT2D eigenvalue weighted by atomic mass is 32.2. The maximum absolute atomic E-state index is 12.3.